The first kappa shape index (κ1) is 16.7. The Morgan fingerprint density at radius 3 is 2.70 bits per heavy atom. The number of benzene rings is 1. The number of nitrogens with one attached hydrogen (secondary N) is 1. The third kappa shape index (κ3) is 3.97. The number of rotatable bonds is 6. The van der Waals surface area contributed by atoms with E-state index in [-0.39, 0.29) is 17.0 Å². The van der Waals surface area contributed by atoms with E-state index in [9.17, 15) is 14.7 Å². The first-order chi connectivity index (χ1) is 10.9. The summed E-state index contributed by atoms with van der Waals surface area (Å²) >= 11 is 0. The molecule has 0 aliphatic carbocycles. The number of aromatic carboxylic acids is 1. The molecule has 2 N–H and O–H groups in total. The smallest absolute Gasteiger partial charge is 0.335 e. The molecular formula is C17H20N2O4. The zero-order valence-electron chi connectivity index (χ0n) is 13.4. The van der Waals surface area contributed by atoms with Crippen LogP contribution in [0.4, 0.5) is 0 Å². The van der Waals surface area contributed by atoms with Gasteiger partial charge in [0.2, 0.25) is 0 Å². The summed E-state index contributed by atoms with van der Waals surface area (Å²) in [6.07, 6.45) is 0.816. The molecule has 6 heteroatoms. The largest absolute Gasteiger partial charge is 0.493 e. The van der Waals surface area contributed by atoms with Crippen LogP contribution in [0.3, 0.4) is 0 Å². The van der Waals surface area contributed by atoms with Crippen LogP contribution < -0.4 is 10.3 Å². The minimum Gasteiger partial charge on any atom is -0.493 e. The van der Waals surface area contributed by atoms with Gasteiger partial charge in [-0.2, -0.15) is 0 Å². The summed E-state index contributed by atoms with van der Waals surface area (Å²) in [7, 11) is 0. The number of ether oxygens (including phenoxy) is 1. The van der Waals surface area contributed by atoms with Crippen LogP contribution in [0, 0.1) is 0 Å². The van der Waals surface area contributed by atoms with Crippen LogP contribution in [-0.2, 0) is 0 Å². The molecule has 122 valence electrons. The van der Waals surface area contributed by atoms with Crippen molar-refractivity contribution >= 4 is 5.97 Å². The van der Waals surface area contributed by atoms with E-state index in [1.54, 1.807) is 6.07 Å². The van der Waals surface area contributed by atoms with Crippen LogP contribution in [0.15, 0.2) is 29.1 Å². The Labute approximate surface area is 134 Å². The highest BCUT2D eigenvalue weighted by Gasteiger charge is 2.15. The first-order valence-corrected chi connectivity index (χ1v) is 7.54. The van der Waals surface area contributed by atoms with E-state index >= 15 is 0 Å². The van der Waals surface area contributed by atoms with E-state index in [1.807, 2.05) is 20.8 Å². The highest BCUT2D eigenvalue weighted by molar-refractivity contribution is 5.90. The van der Waals surface area contributed by atoms with Crippen molar-refractivity contribution in [1.82, 2.24) is 9.97 Å². The van der Waals surface area contributed by atoms with Crippen molar-refractivity contribution in [2.75, 3.05) is 6.61 Å². The molecule has 0 bridgehead atoms. The van der Waals surface area contributed by atoms with Gasteiger partial charge in [-0.3, -0.25) is 4.79 Å². The monoisotopic (exact) mass is 316 g/mol. The number of hydrogen-bond donors (Lipinski definition) is 2. The standard InChI is InChI=1S/C17H20N2O4/c1-4-7-23-14-6-5-11(17(21)22)8-12(14)16-18-13(10(2)3)9-15(20)19-16/h5-6,8-10H,4,7H2,1-3H3,(H,21,22)(H,18,19,20). The third-order valence-electron chi connectivity index (χ3n) is 3.30. The Kier molecular flexibility index (Phi) is 5.16. The molecule has 0 aliphatic heterocycles. The van der Waals surface area contributed by atoms with Gasteiger partial charge in [0, 0.05) is 6.07 Å². The van der Waals surface area contributed by atoms with Crippen molar-refractivity contribution in [1.29, 1.82) is 0 Å². The number of aromatic nitrogens is 2. The minimum atomic E-state index is -1.05. The van der Waals surface area contributed by atoms with Gasteiger partial charge in [-0.1, -0.05) is 20.8 Å². The number of carboxylic acids is 1. The van der Waals surface area contributed by atoms with Gasteiger partial charge in [0.25, 0.3) is 5.56 Å². The van der Waals surface area contributed by atoms with Crippen LogP contribution in [0.2, 0.25) is 0 Å². The second-order valence-electron chi connectivity index (χ2n) is 5.54. The summed E-state index contributed by atoms with van der Waals surface area (Å²) in [5, 5.41) is 9.19. The lowest BCUT2D eigenvalue weighted by molar-refractivity contribution is 0.0697. The Hall–Kier alpha value is -2.63. The predicted octanol–water partition coefficient (Wildman–Crippen LogP) is 3.05. The van der Waals surface area contributed by atoms with E-state index in [2.05, 4.69) is 9.97 Å². The molecule has 2 rings (SSSR count). The SMILES string of the molecule is CCCOc1ccc(C(=O)O)cc1-c1nc(C(C)C)cc(=O)[nH]1. The Morgan fingerprint density at radius 1 is 1.35 bits per heavy atom. The number of H-pyrrole nitrogens is 1. The van der Waals surface area contributed by atoms with E-state index in [1.165, 1.54) is 18.2 Å². The lowest BCUT2D eigenvalue weighted by atomic mass is 10.1. The molecule has 0 saturated heterocycles. The third-order valence-corrected chi connectivity index (χ3v) is 3.30. The predicted molar refractivity (Wildman–Crippen MR) is 87.1 cm³/mol. The molecule has 0 atom stereocenters. The van der Waals surface area contributed by atoms with Gasteiger partial charge in [-0.05, 0) is 30.5 Å². The number of carboxylic acid groups (broad SMARTS) is 1. The number of carbonyl (C=O) groups is 1. The molecule has 1 aromatic carbocycles. The van der Waals surface area contributed by atoms with E-state index < -0.39 is 5.97 Å². The fourth-order valence-corrected chi connectivity index (χ4v) is 2.09. The molecule has 0 fully saturated rings. The Morgan fingerprint density at radius 2 is 2.09 bits per heavy atom. The zero-order valence-corrected chi connectivity index (χ0v) is 13.4. The molecule has 0 amide bonds. The summed E-state index contributed by atoms with van der Waals surface area (Å²) < 4.78 is 5.66. The van der Waals surface area contributed by atoms with Gasteiger partial charge in [0.15, 0.2) is 0 Å². The number of nitrogens with zero attached hydrogens (tertiary/aromatic N) is 1. The van der Waals surface area contributed by atoms with Crippen LogP contribution in [0.1, 0.15) is 49.2 Å². The molecule has 0 radical (unpaired) electrons. The van der Waals surface area contributed by atoms with E-state index in [0.29, 0.717) is 29.4 Å². The van der Waals surface area contributed by atoms with Gasteiger partial charge >= 0.3 is 5.97 Å². The van der Waals surface area contributed by atoms with Crippen molar-refractivity contribution < 1.29 is 14.6 Å². The summed E-state index contributed by atoms with van der Waals surface area (Å²) in [5.41, 5.74) is 0.950. The fourth-order valence-electron chi connectivity index (χ4n) is 2.09. The van der Waals surface area contributed by atoms with Crippen LogP contribution in [-0.4, -0.2) is 27.7 Å². The molecule has 6 nitrogen and oxygen atoms in total. The Balaban J connectivity index is 2.61. The van der Waals surface area contributed by atoms with Gasteiger partial charge < -0.3 is 14.8 Å². The molecule has 1 heterocycles. The maximum absolute atomic E-state index is 11.9. The molecule has 0 unspecified atom stereocenters. The second kappa shape index (κ2) is 7.09. The quantitative estimate of drug-likeness (QED) is 0.854. The number of hydrogen-bond acceptors (Lipinski definition) is 4. The molecule has 2 aromatic rings. The van der Waals surface area contributed by atoms with Crippen molar-refractivity contribution in [2.24, 2.45) is 0 Å². The van der Waals surface area contributed by atoms with Gasteiger partial charge in [0.1, 0.15) is 11.6 Å². The van der Waals surface area contributed by atoms with Crippen molar-refractivity contribution in [3.05, 3.63) is 45.9 Å². The average molecular weight is 316 g/mol. The fraction of sp³-hybridized carbons (Fsp3) is 0.353. The van der Waals surface area contributed by atoms with Gasteiger partial charge in [0.05, 0.1) is 23.4 Å². The van der Waals surface area contributed by atoms with Crippen LogP contribution in [0.5, 0.6) is 5.75 Å². The second-order valence-corrected chi connectivity index (χ2v) is 5.54. The summed E-state index contributed by atoms with van der Waals surface area (Å²) in [5.74, 6) is -0.148. The van der Waals surface area contributed by atoms with Crippen LogP contribution in [0.25, 0.3) is 11.4 Å². The van der Waals surface area contributed by atoms with Crippen molar-refractivity contribution in [3.63, 3.8) is 0 Å². The average Bonchev–Trinajstić information content (AvgIpc) is 2.52. The summed E-state index contributed by atoms with van der Waals surface area (Å²) in [4.78, 5) is 30.2. The molecule has 1 aromatic heterocycles. The summed E-state index contributed by atoms with van der Waals surface area (Å²) in [6.45, 7) is 6.35. The molecular weight excluding hydrogens is 296 g/mol. The maximum atomic E-state index is 11.9. The minimum absolute atomic E-state index is 0.0821. The Bertz CT molecular complexity index is 765. The normalized spacial score (nSPS) is 10.8. The number of aromatic amines is 1. The van der Waals surface area contributed by atoms with Crippen LogP contribution >= 0.6 is 0 Å². The van der Waals surface area contributed by atoms with Crippen molar-refractivity contribution in [2.45, 2.75) is 33.1 Å². The highest BCUT2D eigenvalue weighted by Crippen LogP contribution is 2.29. The lowest BCUT2D eigenvalue weighted by Gasteiger charge is -2.13. The highest BCUT2D eigenvalue weighted by atomic mass is 16.5. The van der Waals surface area contributed by atoms with Gasteiger partial charge in [-0.25, -0.2) is 9.78 Å². The first-order valence-electron chi connectivity index (χ1n) is 7.54. The summed E-state index contributed by atoms with van der Waals surface area (Å²) in [6, 6.07) is 5.98. The zero-order chi connectivity index (χ0) is 17.0. The topological polar surface area (TPSA) is 92.3 Å². The molecule has 0 spiro atoms. The maximum Gasteiger partial charge on any atom is 0.335 e. The molecule has 0 saturated carbocycles. The van der Waals surface area contributed by atoms with E-state index in [4.69, 9.17) is 4.74 Å². The van der Waals surface area contributed by atoms with E-state index in [0.717, 1.165) is 6.42 Å². The molecule has 0 aliphatic rings. The lowest BCUT2D eigenvalue weighted by Crippen LogP contribution is -2.12. The van der Waals surface area contributed by atoms with Gasteiger partial charge in [-0.15, -0.1) is 0 Å². The molecule has 23 heavy (non-hydrogen) atoms. The van der Waals surface area contributed by atoms with Crippen molar-refractivity contribution in [3.8, 4) is 17.1 Å².